The number of fused-ring (bicyclic) bond motifs is 1. The molecule has 2 aromatic heterocycles. The SMILES string of the molecule is Cc1cc(C(=O)Nc2ccc3n(c2=O)C(C(=O)NC(C#N)CC2CCNC2=O)CC3)no1. The number of anilines is 1. The Balaban J connectivity index is 1.49. The van der Waals surface area contributed by atoms with Crippen LogP contribution in [0.3, 0.4) is 0 Å². The maximum Gasteiger partial charge on any atom is 0.278 e. The van der Waals surface area contributed by atoms with E-state index in [9.17, 15) is 24.4 Å². The summed E-state index contributed by atoms with van der Waals surface area (Å²) >= 11 is 0. The van der Waals surface area contributed by atoms with Crippen molar-refractivity contribution in [3.05, 3.63) is 45.7 Å². The lowest BCUT2D eigenvalue weighted by Gasteiger charge is -2.19. The number of nitriles is 1. The molecule has 0 saturated carbocycles. The number of aromatic nitrogens is 2. The van der Waals surface area contributed by atoms with Crippen molar-refractivity contribution in [2.45, 2.75) is 44.7 Å². The number of carbonyl (C=O) groups is 3. The second-order valence-electron chi connectivity index (χ2n) is 7.95. The van der Waals surface area contributed by atoms with E-state index in [1.54, 1.807) is 13.0 Å². The molecule has 3 N–H and O–H groups in total. The average Bonchev–Trinajstić information content (AvgIpc) is 3.50. The Morgan fingerprint density at radius 1 is 1.38 bits per heavy atom. The summed E-state index contributed by atoms with van der Waals surface area (Å²) in [6, 6.07) is 5.01. The van der Waals surface area contributed by atoms with E-state index in [4.69, 9.17) is 4.52 Å². The van der Waals surface area contributed by atoms with E-state index in [1.807, 2.05) is 6.07 Å². The van der Waals surface area contributed by atoms with Gasteiger partial charge in [-0.2, -0.15) is 5.26 Å². The van der Waals surface area contributed by atoms with Gasteiger partial charge in [-0.3, -0.25) is 23.7 Å². The number of nitrogens with one attached hydrogen (secondary N) is 3. The van der Waals surface area contributed by atoms with Crippen molar-refractivity contribution >= 4 is 23.4 Å². The quantitative estimate of drug-likeness (QED) is 0.589. The standard InChI is InChI=1S/C21H22N6O5/c1-11-8-16(26-32-11)19(29)25-15-4-2-14-3-5-17(27(14)21(15)31)20(30)24-13(10-22)9-12-6-7-23-18(12)28/h2,4,8,12-13,17H,3,5-7,9H2,1H3,(H,23,28)(H,24,30)(H,25,29). The number of hydrogen-bond donors (Lipinski definition) is 3. The van der Waals surface area contributed by atoms with Gasteiger partial charge < -0.3 is 20.5 Å². The number of amides is 3. The highest BCUT2D eigenvalue weighted by molar-refractivity contribution is 6.02. The second-order valence-corrected chi connectivity index (χ2v) is 7.95. The van der Waals surface area contributed by atoms with Crippen LogP contribution < -0.4 is 21.5 Å². The highest BCUT2D eigenvalue weighted by atomic mass is 16.5. The van der Waals surface area contributed by atoms with E-state index in [-0.39, 0.29) is 29.6 Å². The van der Waals surface area contributed by atoms with Crippen molar-refractivity contribution in [1.29, 1.82) is 5.26 Å². The Morgan fingerprint density at radius 2 is 2.19 bits per heavy atom. The summed E-state index contributed by atoms with van der Waals surface area (Å²) in [7, 11) is 0. The largest absolute Gasteiger partial charge is 0.361 e. The van der Waals surface area contributed by atoms with Gasteiger partial charge in [-0.25, -0.2) is 0 Å². The summed E-state index contributed by atoms with van der Waals surface area (Å²) in [6.45, 7) is 2.20. The maximum atomic E-state index is 13.0. The van der Waals surface area contributed by atoms with Crippen LogP contribution in [0.2, 0.25) is 0 Å². The molecule has 2 aliphatic heterocycles. The molecule has 32 heavy (non-hydrogen) atoms. The van der Waals surface area contributed by atoms with Crippen molar-refractivity contribution in [2.75, 3.05) is 11.9 Å². The molecular formula is C21H22N6O5. The van der Waals surface area contributed by atoms with Crippen LogP contribution in [0.25, 0.3) is 0 Å². The zero-order chi connectivity index (χ0) is 22.8. The summed E-state index contributed by atoms with van der Waals surface area (Å²) in [4.78, 5) is 50.1. The van der Waals surface area contributed by atoms with Crippen LogP contribution in [0.15, 0.2) is 27.5 Å². The summed E-state index contributed by atoms with van der Waals surface area (Å²) in [5.41, 5.74) is 0.194. The second kappa shape index (κ2) is 8.66. The predicted octanol–water partition coefficient (Wildman–Crippen LogP) is 0.419. The molecule has 3 amide bonds. The molecule has 1 fully saturated rings. The minimum absolute atomic E-state index is 0.0126. The fourth-order valence-corrected chi connectivity index (χ4v) is 4.12. The zero-order valence-electron chi connectivity index (χ0n) is 17.4. The topological polar surface area (TPSA) is 159 Å². The molecule has 166 valence electrons. The van der Waals surface area contributed by atoms with E-state index in [0.717, 1.165) is 0 Å². The predicted molar refractivity (Wildman–Crippen MR) is 111 cm³/mol. The van der Waals surface area contributed by atoms with Crippen LogP contribution in [0.1, 0.15) is 47.2 Å². The van der Waals surface area contributed by atoms with Crippen molar-refractivity contribution in [3.63, 3.8) is 0 Å². The molecule has 2 aromatic rings. The van der Waals surface area contributed by atoms with Gasteiger partial charge in [0.05, 0.1) is 6.07 Å². The van der Waals surface area contributed by atoms with Gasteiger partial charge in [0.2, 0.25) is 11.8 Å². The summed E-state index contributed by atoms with van der Waals surface area (Å²) < 4.78 is 6.22. The van der Waals surface area contributed by atoms with Crippen LogP contribution in [-0.2, 0) is 16.0 Å². The zero-order valence-corrected chi connectivity index (χ0v) is 17.4. The highest BCUT2D eigenvalue weighted by Gasteiger charge is 2.33. The molecule has 0 aliphatic carbocycles. The van der Waals surface area contributed by atoms with E-state index in [0.29, 0.717) is 37.3 Å². The minimum Gasteiger partial charge on any atom is -0.361 e. The lowest BCUT2D eigenvalue weighted by Crippen LogP contribution is -2.42. The highest BCUT2D eigenvalue weighted by Crippen LogP contribution is 2.26. The number of pyridine rings is 1. The number of carbonyl (C=O) groups excluding carboxylic acids is 3. The Bertz CT molecular complexity index is 1180. The molecule has 11 heteroatoms. The van der Waals surface area contributed by atoms with Crippen LogP contribution in [0.4, 0.5) is 5.69 Å². The maximum absolute atomic E-state index is 13.0. The lowest BCUT2D eigenvalue weighted by molar-refractivity contribution is -0.126. The third-order valence-electron chi connectivity index (χ3n) is 5.75. The normalized spacial score (nSPS) is 20.2. The number of nitrogens with zero attached hydrogens (tertiary/aromatic N) is 3. The summed E-state index contributed by atoms with van der Waals surface area (Å²) in [5, 5.41) is 21.0. The van der Waals surface area contributed by atoms with Crippen LogP contribution in [-0.4, -0.2) is 40.0 Å². The lowest BCUT2D eigenvalue weighted by atomic mass is 9.99. The van der Waals surface area contributed by atoms with Crippen LogP contribution in [0.5, 0.6) is 0 Å². The van der Waals surface area contributed by atoms with Gasteiger partial charge in [0, 0.05) is 24.2 Å². The Kier molecular flexibility index (Phi) is 5.77. The molecule has 1 saturated heterocycles. The Morgan fingerprint density at radius 3 is 2.84 bits per heavy atom. The Hall–Kier alpha value is -3.94. The van der Waals surface area contributed by atoms with Gasteiger partial charge in [-0.05, 0) is 44.7 Å². The van der Waals surface area contributed by atoms with Crippen molar-refractivity contribution < 1.29 is 18.9 Å². The summed E-state index contributed by atoms with van der Waals surface area (Å²) in [6.07, 6.45) is 1.73. The van der Waals surface area contributed by atoms with Gasteiger partial charge in [0.25, 0.3) is 11.5 Å². The first kappa shape index (κ1) is 21.3. The number of rotatable bonds is 6. The molecule has 0 radical (unpaired) electrons. The third kappa shape index (κ3) is 4.12. The first-order valence-electron chi connectivity index (χ1n) is 10.3. The third-order valence-corrected chi connectivity index (χ3v) is 5.75. The Labute approximate surface area is 182 Å². The van der Waals surface area contributed by atoms with E-state index >= 15 is 0 Å². The van der Waals surface area contributed by atoms with Gasteiger partial charge in [-0.1, -0.05) is 5.16 Å². The molecule has 4 rings (SSSR count). The first-order valence-corrected chi connectivity index (χ1v) is 10.3. The molecule has 0 aromatic carbocycles. The molecule has 3 unspecified atom stereocenters. The van der Waals surface area contributed by atoms with Crippen molar-refractivity contribution in [1.82, 2.24) is 20.4 Å². The van der Waals surface area contributed by atoms with E-state index in [2.05, 4.69) is 21.1 Å². The molecule has 4 heterocycles. The number of aryl methyl sites for hydroxylation is 2. The van der Waals surface area contributed by atoms with Gasteiger partial charge in [0.1, 0.15) is 23.5 Å². The molecule has 2 aliphatic rings. The van der Waals surface area contributed by atoms with E-state index in [1.165, 1.54) is 16.7 Å². The van der Waals surface area contributed by atoms with Crippen molar-refractivity contribution in [2.24, 2.45) is 5.92 Å². The molecule has 0 spiro atoms. The summed E-state index contributed by atoms with van der Waals surface area (Å²) in [5.74, 6) is -1.05. The average molecular weight is 438 g/mol. The fraction of sp³-hybridized carbons (Fsp3) is 0.429. The minimum atomic E-state index is -0.839. The van der Waals surface area contributed by atoms with Gasteiger partial charge >= 0.3 is 0 Å². The number of hydrogen-bond acceptors (Lipinski definition) is 7. The molecule has 3 atom stereocenters. The van der Waals surface area contributed by atoms with E-state index < -0.39 is 29.5 Å². The molecular weight excluding hydrogens is 416 g/mol. The fourth-order valence-electron chi connectivity index (χ4n) is 4.12. The first-order chi connectivity index (χ1) is 15.4. The molecule has 0 bridgehead atoms. The van der Waals surface area contributed by atoms with Crippen LogP contribution >= 0.6 is 0 Å². The van der Waals surface area contributed by atoms with Crippen molar-refractivity contribution in [3.8, 4) is 6.07 Å². The van der Waals surface area contributed by atoms with Gasteiger partial charge in [-0.15, -0.1) is 0 Å². The van der Waals surface area contributed by atoms with Crippen LogP contribution in [0, 0.1) is 24.2 Å². The smallest absolute Gasteiger partial charge is 0.278 e. The van der Waals surface area contributed by atoms with Gasteiger partial charge in [0.15, 0.2) is 5.69 Å². The molecule has 11 nitrogen and oxygen atoms in total. The monoisotopic (exact) mass is 438 g/mol.